The molecule has 1 atom stereocenters. The molecule has 0 saturated heterocycles. The van der Waals surface area contributed by atoms with Crippen LogP contribution >= 0.6 is 0 Å². The third-order valence-electron chi connectivity index (χ3n) is 4.76. The van der Waals surface area contributed by atoms with Gasteiger partial charge in [-0.05, 0) is 36.5 Å². The zero-order valence-electron chi connectivity index (χ0n) is 14.7. The van der Waals surface area contributed by atoms with Gasteiger partial charge in [-0.25, -0.2) is 15.0 Å². The van der Waals surface area contributed by atoms with Crippen LogP contribution in [0, 0.1) is 11.3 Å². The van der Waals surface area contributed by atoms with E-state index in [-0.39, 0.29) is 5.65 Å². The molecule has 10 heteroatoms. The first kappa shape index (κ1) is 18.7. The number of hydrogen-bond donors (Lipinski definition) is 0. The molecule has 1 saturated carbocycles. The van der Waals surface area contributed by atoms with Gasteiger partial charge in [0.1, 0.15) is 34.8 Å². The molecule has 144 valence electrons. The summed E-state index contributed by atoms with van der Waals surface area (Å²) in [6.07, 6.45) is 0.974. The lowest BCUT2D eigenvalue weighted by atomic mass is 9.99. The molecule has 3 aromatic heterocycles. The van der Waals surface area contributed by atoms with Gasteiger partial charge >= 0.3 is 6.18 Å². The van der Waals surface area contributed by atoms with E-state index in [4.69, 9.17) is 0 Å². The molecule has 28 heavy (non-hydrogen) atoms. The molecule has 0 N–H and O–H groups in total. The Bertz CT molecular complexity index is 1100. The minimum atomic E-state index is -4.57. The number of aromatic nitrogens is 4. The molecule has 3 aromatic rings. The van der Waals surface area contributed by atoms with Crippen LogP contribution in [-0.4, -0.2) is 29.7 Å². The lowest BCUT2D eigenvalue weighted by molar-refractivity contribution is -0.141. The van der Waals surface area contributed by atoms with Gasteiger partial charge in [0, 0.05) is 24.5 Å². The first-order valence-corrected chi connectivity index (χ1v) is 9.82. The molecule has 0 radical (unpaired) electrons. The molecule has 1 unspecified atom stereocenters. The minimum absolute atomic E-state index is 0.0621. The average Bonchev–Trinajstić information content (AvgIpc) is 3.37. The van der Waals surface area contributed by atoms with Crippen molar-refractivity contribution in [3.63, 3.8) is 0 Å². The molecule has 0 aliphatic heterocycles. The quantitative estimate of drug-likeness (QED) is 0.620. The van der Waals surface area contributed by atoms with Crippen LogP contribution in [0.1, 0.15) is 31.0 Å². The van der Waals surface area contributed by atoms with E-state index in [1.807, 2.05) is 0 Å². The fourth-order valence-electron chi connectivity index (χ4n) is 2.98. The lowest BCUT2D eigenvalue weighted by Gasteiger charge is -2.14. The molecule has 0 spiro atoms. The SMILES string of the molecule is CC[S+]([O-])c1cc(C2(C#N)CC2)cnc1-c1cn2cnc(C(F)(F)F)cc2n1. The van der Waals surface area contributed by atoms with Crippen molar-refractivity contribution in [2.45, 2.75) is 36.3 Å². The van der Waals surface area contributed by atoms with E-state index in [1.165, 1.54) is 10.6 Å². The van der Waals surface area contributed by atoms with Crippen LogP contribution in [0.5, 0.6) is 0 Å². The molecule has 0 amide bonds. The topological polar surface area (TPSA) is 89.9 Å². The standard InChI is InChI=1S/C18H14F3N5OS/c1-2-28(27)13-5-11(17(9-22)3-4-17)7-23-16(13)12-8-26-10-24-14(18(19,20)21)6-15(26)25-12/h5-8,10H,2-4H2,1H3. The van der Waals surface area contributed by atoms with Crippen LogP contribution in [0.2, 0.25) is 0 Å². The van der Waals surface area contributed by atoms with E-state index in [0.717, 1.165) is 25.2 Å². The highest BCUT2D eigenvalue weighted by Crippen LogP contribution is 2.48. The van der Waals surface area contributed by atoms with Gasteiger partial charge in [-0.15, -0.1) is 0 Å². The normalized spacial score (nSPS) is 16.7. The summed E-state index contributed by atoms with van der Waals surface area (Å²) in [5.74, 6) is 0.338. The van der Waals surface area contributed by atoms with Gasteiger partial charge in [-0.3, -0.25) is 4.40 Å². The Balaban J connectivity index is 1.83. The Morgan fingerprint density at radius 3 is 2.68 bits per heavy atom. The Morgan fingerprint density at radius 2 is 2.07 bits per heavy atom. The fourth-order valence-corrected chi connectivity index (χ4v) is 3.92. The van der Waals surface area contributed by atoms with Gasteiger partial charge in [0.25, 0.3) is 0 Å². The van der Waals surface area contributed by atoms with Gasteiger partial charge in [-0.2, -0.15) is 18.4 Å². The summed E-state index contributed by atoms with van der Waals surface area (Å²) >= 11 is -1.38. The zero-order chi connectivity index (χ0) is 20.1. The first-order valence-electron chi connectivity index (χ1n) is 8.50. The van der Waals surface area contributed by atoms with Crippen LogP contribution < -0.4 is 0 Å². The maximum absolute atomic E-state index is 12.9. The van der Waals surface area contributed by atoms with Crippen molar-refractivity contribution in [3.05, 3.63) is 42.1 Å². The molecule has 1 aliphatic carbocycles. The molecule has 0 bridgehead atoms. The van der Waals surface area contributed by atoms with E-state index >= 15 is 0 Å². The second-order valence-corrected chi connectivity index (χ2v) is 8.27. The van der Waals surface area contributed by atoms with E-state index in [2.05, 4.69) is 21.0 Å². The van der Waals surface area contributed by atoms with Gasteiger partial charge in [-0.1, -0.05) is 0 Å². The number of pyridine rings is 1. The Kier molecular flexibility index (Phi) is 4.32. The summed E-state index contributed by atoms with van der Waals surface area (Å²) in [6.45, 7) is 1.76. The van der Waals surface area contributed by atoms with Gasteiger partial charge in [0.05, 0.1) is 11.5 Å². The van der Waals surface area contributed by atoms with Crippen LogP contribution in [0.15, 0.2) is 35.7 Å². The summed E-state index contributed by atoms with van der Waals surface area (Å²) in [7, 11) is 0. The van der Waals surface area contributed by atoms with Crippen LogP contribution in [-0.2, 0) is 22.8 Å². The van der Waals surface area contributed by atoms with Crippen molar-refractivity contribution >= 4 is 16.8 Å². The minimum Gasteiger partial charge on any atom is -0.611 e. The van der Waals surface area contributed by atoms with Gasteiger partial charge in [0.2, 0.25) is 0 Å². The molecule has 6 nitrogen and oxygen atoms in total. The van der Waals surface area contributed by atoms with E-state index in [9.17, 15) is 23.0 Å². The number of halogens is 3. The highest BCUT2D eigenvalue weighted by Gasteiger charge is 2.46. The molecule has 1 aliphatic rings. The number of nitriles is 1. The van der Waals surface area contributed by atoms with Gasteiger partial charge < -0.3 is 4.55 Å². The molecular formula is C18H14F3N5OS. The third kappa shape index (κ3) is 3.10. The van der Waals surface area contributed by atoms with E-state index < -0.39 is 28.5 Å². The van der Waals surface area contributed by atoms with E-state index in [1.54, 1.807) is 19.2 Å². The lowest BCUT2D eigenvalue weighted by Crippen LogP contribution is -2.11. The monoisotopic (exact) mass is 405 g/mol. The second kappa shape index (κ2) is 6.46. The van der Waals surface area contributed by atoms with E-state index in [0.29, 0.717) is 27.6 Å². The van der Waals surface area contributed by atoms with Crippen molar-refractivity contribution < 1.29 is 17.7 Å². The Labute approximate surface area is 161 Å². The van der Waals surface area contributed by atoms with Crippen LogP contribution in [0.3, 0.4) is 0 Å². The summed E-state index contributed by atoms with van der Waals surface area (Å²) in [4.78, 5) is 12.4. The molecule has 1 fully saturated rings. The molecule has 0 aromatic carbocycles. The van der Waals surface area contributed by atoms with Crippen molar-refractivity contribution in [1.82, 2.24) is 19.4 Å². The second-order valence-electron chi connectivity index (χ2n) is 6.56. The third-order valence-corrected chi connectivity index (χ3v) is 6.08. The van der Waals surface area contributed by atoms with Crippen molar-refractivity contribution in [2.75, 3.05) is 5.75 Å². The van der Waals surface area contributed by atoms with Crippen LogP contribution in [0.4, 0.5) is 13.2 Å². The zero-order valence-corrected chi connectivity index (χ0v) is 15.5. The van der Waals surface area contributed by atoms with Crippen molar-refractivity contribution in [1.29, 1.82) is 5.26 Å². The van der Waals surface area contributed by atoms with Crippen LogP contribution in [0.25, 0.3) is 17.0 Å². The van der Waals surface area contributed by atoms with Crippen molar-refractivity contribution in [3.8, 4) is 17.5 Å². The number of rotatable bonds is 4. The number of alkyl halides is 3. The number of hydrogen-bond acceptors (Lipinski definition) is 5. The average molecular weight is 405 g/mol. The Hall–Kier alpha value is -2.64. The highest BCUT2D eigenvalue weighted by atomic mass is 32.2. The number of nitrogens with zero attached hydrogens (tertiary/aromatic N) is 5. The maximum atomic E-state index is 12.9. The summed E-state index contributed by atoms with van der Waals surface area (Å²) in [6, 6.07) is 4.84. The predicted molar refractivity (Wildman–Crippen MR) is 94.7 cm³/mol. The summed E-state index contributed by atoms with van der Waals surface area (Å²) < 4.78 is 52.6. The highest BCUT2D eigenvalue weighted by molar-refractivity contribution is 7.91. The fraction of sp³-hybridized carbons (Fsp3) is 0.333. The predicted octanol–water partition coefficient (Wildman–Crippen LogP) is 3.49. The molecule has 3 heterocycles. The Morgan fingerprint density at radius 1 is 1.32 bits per heavy atom. The molecule has 4 rings (SSSR count). The maximum Gasteiger partial charge on any atom is 0.433 e. The smallest absolute Gasteiger partial charge is 0.433 e. The van der Waals surface area contributed by atoms with Crippen molar-refractivity contribution in [2.24, 2.45) is 0 Å². The summed E-state index contributed by atoms with van der Waals surface area (Å²) in [5.41, 5.74) is -0.223. The number of fused-ring (bicyclic) bond motifs is 1. The van der Waals surface area contributed by atoms with Gasteiger partial charge in [0.15, 0.2) is 4.90 Å². The molecular weight excluding hydrogens is 391 g/mol. The first-order chi connectivity index (χ1) is 13.3. The number of imidazole rings is 1. The largest absolute Gasteiger partial charge is 0.611 e. The summed E-state index contributed by atoms with van der Waals surface area (Å²) in [5, 5.41) is 9.40.